The Morgan fingerprint density at radius 1 is 0.396 bits per heavy atom. The van der Waals surface area contributed by atoms with Crippen molar-refractivity contribution in [3.63, 3.8) is 0 Å². The molecule has 0 aromatic carbocycles. The first-order valence-electron chi connectivity index (χ1n) is 33.9. The first-order chi connectivity index (χ1) is 45.2. The maximum absolute atomic E-state index is 13.8. The molecular weight excluding hydrogens is 1260 g/mol. The molecule has 0 aliphatic carbocycles. The lowest BCUT2D eigenvalue weighted by molar-refractivity contribution is -0.282. The van der Waals surface area contributed by atoms with Crippen LogP contribution >= 0.6 is 0 Å². The van der Waals surface area contributed by atoms with E-state index in [-0.39, 0.29) is 173 Å². The molecule has 3 saturated heterocycles. The molecule has 3 rings (SSSR count). The van der Waals surface area contributed by atoms with Crippen LogP contribution in [-0.4, -0.2) is 265 Å². The highest BCUT2D eigenvalue weighted by molar-refractivity contribution is 5.82. The summed E-state index contributed by atoms with van der Waals surface area (Å²) in [4.78, 5) is 105. The van der Waals surface area contributed by atoms with Gasteiger partial charge in [-0.1, -0.05) is 62.8 Å². The van der Waals surface area contributed by atoms with Crippen molar-refractivity contribution in [2.75, 3.05) is 92.6 Å². The number of nitrogens with one attached hydrogen (secondary N) is 7. The maximum atomic E-state index is 13.8. The van der Waals surface area contributed by atoms with E-state index in [1.54, 1.807) is 27.9 Å². The molecule has 3 fully saturated rings. The minimum absolute atomic E-state index is 0. The van der Waals surface area contributed by atoms with Crippen LogP contribution in [0.2, 0.25) is 0 Å². The molecule has 15 atom stereocenters. The summed E-state index contributed by atoms with van der Waals surface area (Å²) in [5.74, 6) is -4.05. The summed E-state index contributed by atoms with van der Waals surface area (Å²) in [6, 6.07) is 0. The van der Waals surface area contributed by atoms with Crippen LogP contribution in [0.3, 0.4) is 0 Å². The van der Waals surface area contributed by atoms with Crippen molar-refractivity contribution in [1.82, 2.24) is 37.2 Å². The van der Waals surface area contributed by atoms with Crippen LogP contribution in [0.4, 0.5) is 0 Å². The van der Waals surface area contributed by atoms with E-state index in [0.29, 0.717) is 32.4 Å². The first-order valence-corrected chi connectivity index (χ1v) is 33.9. The number of methoxy groups -OCH3 is 1. The van der Waals surface area contributed by atoms with E-state index in [9.17, 15) is 84.3 Å². The fraction of sp³-hybridized carbons (Fsp3) is 0.877. The smallest absolute Gasteiger partial charge is 0.222 e. The molecule has 0 spiro atoms. The van der Waals surface area contributed by atoms with Crippen molar-refractivity contribution in [2.45, 2.75) is 251 Å². The van der Waals surface area contributed by atoms with Gasteiger partial charge in [-0.25, -0.2) is 0 Å². The fourth-order valence-corrected chi connectivity index (χ4v) is 10.2. The number of hydrogen-bond donors (Lipinski definition) is 16. The van der Waals surface area contributed by atoms with E-state index in [0.717, 1.165) is 5.92 Å². The topological polar surface area (TPSA) is 467 Å². The molecule has 0 saturated carbocycles. The molecule has 0 aromatic rings. The van der Waals surface area contributed by atoms with E-state index >= 15 is 0 Å². The highest BCUT2D eigenvalue weighted by atomic mass is 16.7. The zero-order chi connectivity index (χ0) is 71.5. The third kappa shape index (κ3) is 36.9. The van der Waals surface area contributed by atoms with Gasteiger partial charge in [-0.2, -0.15) is 0 Å². The van der Waals surface area contributed by atoms with Gasteiger partial charge in [0.15, 0.2) is 18.9 Å². The molecule has 31 nitrogen and oxygen atoms in total. The molecule has 7 amide bonds. The van der Waals surface area contributed by atoms with Gasteiger partial charge < -0.3 is 116 Å². The van der Waals surface area contributed by atoms with Gasteiger partial charge in [-0.05, 0) is 57.3 Å². The second-order valence-electron chi connectivity index (χ2n) is 24.8. The van der Waals surface area contributed by atoms with Gasteiger partial charge in [-0.3, -0.25) is 38.4 Å². The SMILES string of the molecule is C.CC.CC(C)C.COCCCNC(=O)CCCC(=O)NC(CCC(=O)CCCNC(=O)CCO[C@@H]1OC(CO)[C@H](O)[C@H](O)C1C)(CCC(=O)NCCCNC(=O)CCO[C@@H]1OC(CO)[C@H](O)[C@H](O)C1C)CCC(=O)NCCCNC(=O)CCO[C@@H]1OC(CO)[C@H](O)[C@H](O)C1C. The van der Waals surface area contributed by atoms with E-state index < -0.39 is 141 Å². The molecule has 31 heteroatoms. The molecule has 562 valence electrons. The van der Waals surface area contributed by atoms with Crippen molar-refractivity contribution < 1.29 is 117 Å². The van der Waals surface area contributed by atoms with Crippen LogP contribution in [0.5, 0.6) is 0 Å². The van der Waals surface area contributed by atoms with Crippen LogP contribution in [-0.2, 0) is 71.5 Å². The summed E-state index contributed by atoms with van der Waals surface area (Å²) in [5, 5.41) is 109. The molecule has 3 heterocycles. The molecule has 0 radical (unpaired) electrons. The minimum atomic E-state index is -1.31. The van der Waals surface area contributed by atoms with Crippen LogP contribution < -0.4 is 37.2 Å². The zero-order valence-corrected chi connectivity index (χ0v) is 57.6. The Morgan fingerprint density at radius 2 is 0.688 bits per heavy atom. The lowest BCUT2D eigenvalue weighted by Gasteiger charge is -2.40. The van der Waals surface area contributed by atoms with Crippen LogP contribution in [0.25, 0.3) is 0 Å². The second kappa shape index (κ2) is 52.4. The Bertz CT molecular complexity index is 2090. The van der Waals surface area contributed by atoms with Crippen LogP contribution in [0.1, 0.15) is 172 Å². The maximum Gasteiger partial charge on any atom is 0.222 e. The number of rotatable bonds is 45. The number of amides is 7. The van der Waals surface area contributed by atoms with Gasteiger partial charge in [-0.15, -0.1) is 0 Å². The van der Waals surface area contributed by atoms with Crippen molar-refractivity contribution in [3.05, 3.63) is 0 Å². The van der Waals surface area contributed by atoms with Gasteiger partial charge in [0.25, 0.3) is 0 Å². The first kappa shape index (κ1) is 91.3. The Balaban J connectivity index is 0.0000124. The Hall–Kier alpha value is -4.68. The van der Waals surface area contributed by atoms with Crippen molar-refractivity contribution in [2.24, 2.45) is 23.7 Å². The summed E-state index contributed by atoms with van der Waals surface area (Å²) in [6.07, 6.45) is -12.7. The quantitative estimate of drug-likeness (QED) is 0.0325. The zero-order valence-electron chi connectivity index (χ0n) is 57.6. The van der Waals surface area contributed by atoms with Crippen molar-refractivity contribution in [3.8, 4) is 0 Å². The molecule has 3 aliphatic rings. The highest BCUT2D eigenvalue weighted by Crippen LogP contribution is 2.30. The van der Waals surface area contributed by atoms with Gasteiger partial charge in [0.05, 0.1) is 77.2 Å². The molecule has 0 aromatic heterocycles. The van der Waals surface area contributed by atoms with Crippen LogP contribution in [0.15, 0.2) is 0 Å². The largest absolute Gasteiger partial charge is 0.394 e. The average molecular weight is 1390 g/mol. The predicted octanol–water partition coefficient (Wildman–Crippen LogP) is -1.01. The lowest BCUT2D eigenvalue weighted by atomic mass is 9.82. The van der Waals surface area contributed by atoms with Gasteiger partial charge >= 0.3 is 0 Å². The minimum Gasteiger partial charge on any atom is -0.394 e. The second-order valence-corrected chi connectivity index (χ2v) is 24.8. The van der Waals surface area contributed by atoms with Crippen LogP contribution in [0, 0.1) is 23.7 Å². The number of carbonyl (C=O) groups excluding carboxylic acids is 8. The number of ketones is 1. The molecule has 16 N–H and O–H groups in total. The number of hydrogen-bond acceptors (Lipinski definition) is 24. The summed E-state index contributed by atoms with van der Waals surface area (Å²) < 4.78 is 38.5. The van der Waals surface area contributed by atoms with E-state index in [1.165, 1.54) is 0 Å². The number of aliphatic hydroxyl groups is 9. The van der Waals surface area contributed by atoms with Crippen molar-refractivity contribution in [1.29, 1.82) is 0 Å². The van der Waals surface area contributed by atoms with E-state index in [1.807, 2.05) is 13.8 Å². The Labute approximate surface area is 567 Å². The third-order valence-electron chi connectivity index (χ3n) is 16.0. The molecule has 6 unspecified atom stereocenters. The molecular formula is C65H123N7O24. The summed E-state index contributed by atoms with van der Waals surface area (Å²) in [6.45, 7) is 15.0. The van der Waals surface area contributed by atoms with Gasteiger partial charge in [0.2, 0.25) is 41.4 Å². The number of ether oxygens (including phenoxy) is 7. The number of carbonyl (C=O) groups is 8. The summed E-state index contributed by atoms with van der Waals surface area (Å²) in [7, 11) is 1.55. The number of Topliss-reactive ketones (excluding diaryl/α,β-unsaturated/α-hetero) is 1. The normalized spacial score (nSPS) is 26.0. The summed E-state index contributed by atoms with van der Waals surface area (Å²) >= 11 is 0. The molecule has 96 heavy (non-hydrogen) atoms. The number of aliphatic hydroxyl groups excluding tert-OH is 9. The molecule has 0 bridgehead atoms. The van der Waals surface area contributed by atoms with Crippen molar-refractivity contribution >= 4 is 47.1 Å². The fourth-order valence-electron chi connectivity index (χ4n) is 10.2. The summed E-state index contributed by atoms with van der Waals surface area (Å²) in [5.41, 5.74) is -1.30. The highest BCUT2D eigenvalue weighted by Gasteiger charge is 2.45. The lowest BCUT2D eigenvalue weighted by Crippen LogP contribution is -2.55. The monoisotopic (exact) mass is 1390 g/mol. The van der Waals surface area contributed by atoms with Gasteiger partial charge in [0, 0.05) is 115 Å². The predicted molar refractivity (Wildman–Crippen MR) is 352 cm³/mol. The van der Waals surface area contributed by atoms with Gasteiger partial charge in [0.1, 0.15) is 42.4 Å². The standard InChI is InChI=1S/C58H103N7O24.C4H10.C2H6.CH4/c1-35-49(77)52(80)39(32-66)87-55(35)84-29-16-45(73)59-22-6-10-38(69)13-19-58(65-48(76)12-5-11-42(70)64-27-9-28-83-4,20-14-43(71)60-23-7-25-62-46(74)17-30-85-56-36(2)50(78)53(81)40(33-67)88-56)21-15-44(72)61-24-8-26-63-47(75)18-31-86-57-37(3)51(79)54(82)41(34-68)89-57;1-4(2)3;1-2;/h35-37,39-41,49-57,66-68,77-82H,5-34H2,1-4H3,(H,59,73)(H,60,71)(H,61,72)(H,62,74)(H,63,75)(H,64,70)(H,65,76);4H,1-3H3;1-2H3;1H4/t35?,36?,37?,39?,40?,41?,49-,50-,51-,52+,53+,54+,55-,56-,57-,58?;;;/m1.../s1. The average Bonchev–Trinajstić information content (AvgIpc) is 0.858. The van der Waals surface area contributed by atoms with E-state index in [4.69, 9.17) is 33.2 Å². The Kier molecular flexibility index (Phi) is 49.8. The molecule has 3 aliphatic heterocycles. The van der Waals surface area contributed by atoms with E-state index in [2.05, 4.69) is 58.0 Å². The third-order valence-corrected chi connectivity index (χ3v) is 16.0. The Morgan fingerprint density at radius 3 is 1.02 bits per heavy atom.